The largest absolute Gasteiger partial charge is 0.497 e. The number of ether oxygens (including phenoxy) is 1. The van der Waals surface area contributed by atoms with Gasteiger partial charge in [0.15, 0.2) is 0 Å². The van der Waals surface area contributed by atoms with Crippen LogP contribution in [0, 0.1) is 39.0 Å². The van der Waals surface area contributed by atoms with Crippen LogP contribution < -0.4 is 10.1 Å². The van der Waals surface area contributed by atoms with Crippen molar-refractivity contribution in [3.63, 3.8) is 0 Å². The summed E-state index contributed by atoms with van der Waals surface area (Å²) in [5.41, 5.74) is 6.67. The lowest BCUT2D eigenvalue weighted by Crippen LogP contribution is -2.13. The fourth-order valence-electron chi connectivity index (χ4n) is 3.40. The first-order chi connectivity index (χ1) is 14.3. The van der Waals surface area contributed by atoms with E-state index >= 15 is 0 Å². The molecule has 0 bridgehead atoms. The Kier molecular flexibility index (Phi) is 6.08. The maximum absolute atomic E-state index is 12.7. The summed E-state index contributed by atoms with van der Waals surface area (Å²) in [5.74, 6) is 0.342. The minimum Gasteiger partial charge on any atom is -0.497 e. The van der Waals surface area contributed by atoms with E-state index in [2.05, 4.69) is 9.88 Å². The van der Waals surface area contributed by atoms with Crippen molar-refractivity contribution >= 4 is 17.7 Å². The molecule has 0 spiro atoms. The molecule has 5 nitrogen and oxygen atoms in total. The molecule has 0 aliphatic heterocycles. The highest BCUT2D eigenvalue weighted by atomic mass is 16.5. The first kappa shape index (κ1) is 20.9. The van der Waals surface area contributed by atoms with Crippen LogP contribution >= 0.6 is 0 Å². The Hall–Kier alpha value is -3.78. The van der Waals surface area contributed by atoms with Crippen molar-refractivity contribution in [2.75, 3.05) is 12.4 Å². The molecule has 0 aliphatic carbocycles. The van der Waals surface area contributed by atoms with Gasteiger partial charge in [-0.25, -0.2) is 0 Å². The van der Waals surface area contributed by atoms with Crippen molar-refractivity contribution < 1.29 is 9.53 Å². The highest BCUT2D eigenvalue weighted by molar-refractivity contribution is 6.09. The molecule has 0 radical (unpaired) electrons. The minimum absolute atomic E-state index is 0.0547. The summed E-state index contributed by atoms with van der Waals surface area (Å²) in [7, 11) is 1.63. The number of carbonyl (C=O) groups excluding carboxylic acids is 1. The predicted molar refractivity (Wildman–Crippen MR) is 120 cm³/mol. The molecule has 0 saturated carbocycles. The molecule has 3 rings (SSSR count). The van der Waals surface area contributed by atoms with Gasteiger partial charge in [-0.1, -0.05) is 12.1 Å². The van der Waals surface area contributed by atoms with Crippen LogP contribution in [0.1, 0.15) is 28.1 Å². The van der Waals surface area contributed by atoms with Gasteiger partial charge in [-0.2, -0.15) is 5.26 Å². The molecule has 0 saturated heterocycles. The number of aryl methyl sites for hydroxylation is 3. The average Bonchev–Trinajstić information content (AvgIpc) is 3.01. The lowest BCUT2D eigenvalue weighted by atomic mass is 10.1. The maximum atomic E-state index is 12.7. The lowest BCUT2D eigenvalue weighted by molar-refractivity contribution is -0.112. The average molecular weight is 399 g/mol. The molecule has 2 aromatic carbocycles. The van der Waals surface area contributed by atoms with E-state index in [-0.39, 0.29) is 5.57 Å². The Labute approximate surface area is 177 Å². The van der Waals surface area contributed by atoms with Gasteiger partial charge in [0.1, 0.15) is 17.4 Å². The van der Waals surface area contributed by atoms with Gasteiger partial charge in [0, 0.05) is 28.8 Å². The van der Waals surface area contributed by atoms with Crippen LogP contribution in [-0.4, -0.2) is 17.6 Å². The third kappa shape index (κ3) is 4.28. The third-order valence-electron chi connectivity index (χ3n) is 5.21. The summed E-state index contributed by atoms with van der Waals surface area (Å²) in [4.78, 5) is 12.7. The van der Waals surface area contributed by atoms with Crippen LogP contribution in [0.3, 0.4) is 0 Å². The molecular weight excluding hydrogens is 374 g/mol. The van der Waals surface area contributed by atoms with Gasteiger partial charge in [0.2, 0.25) is 0 Å². The van der Waals surface area contributed by atoms with E-state index in [0.29, 0.717) is 5.69 Å². The number of hydrogen-bond acceptors (Lipinski definition) is 3. The van der Waals surface area contributed by atoms with Crippen molar-refractivity contribution in [3.05, 3.63) is 82.2 Å². The molecule has 0 aliphatic rings. The van der Waals surface area contributed by atoms with Crippen LogP contribution in [0.4, 0.5) is 5.69 Å². The molecule has 30 heavy (non-hydrogen) atoms. The van der Waals surface area contributed by atoms with E-state index in [1.165, 1.54) is 0 Å². The van der Waals surface area contributed by atoms with E-state index in [0.717, 1.165) is 39.5 Å². The fourth-order valence-corrected chi connectivity index (χ4v) is 3.40. The van der Waals surface area contributed by atoms with Gasteiger partial charge >= 0.3 is 0 Å². The topological polar surface area (TPSA) is 67.0 Å². The zero-order valence-electron chi connectivity index (χ0n) is 17.9. The monoisotopic (exact) mass is 399 g/mol. The number of nitriles is 1. The molecule has 152 valence electrons. The number of nitrogens with one attached hydrogen (secondary N) is 1. The smallest absolute Gasteiger partial charge is 0.266 e. The van der Waals surface area contributed by atoms with Crippen molar-refractivity contribution in [2.45, 2.75) is 27.7 Å². The Morgan fingerprint density at radius 3 is 2.50 bits per heavy atom. The predicted octanol–water partition coefficient (Wildman–Crippen LogP) is 5.27. The number of nitrogens with zero attached hydrogens (tertiary/aromatic N) is 2. The molecular formula is C25H25N3O2. The Morgan fingerprint density at radius 2 is 1.83 bits per heavy atom. The van der Waals surface area contributed by atoms with Crippen LogP contribution in [0.15, 0.2) is 54.1 Å². The summed E-state index contributed by atoms with van der Waals surface area (Å²) in [6.07, 6.45) is 1.63. The van der Waals surface area contributed by atoms with Crippen LogP contribution in [0.2, 0.25) is 0 Å². The molecule has 0 unspecified atom stereocenters. The molecule has 3 aromatic rings. The quantitative estimate of drug-likeness (QED) is 0.470. The number of anilines is 1. The second kappa shape index (κ2) is 8.71. The van der Waals surface area contributed by atoms with Gasteiger partial charge in [-0.05, 0) is 80.8 Å². The zero-order valence-corrected chi connectivity index (χ0v) is 17.9. The first-order valence-corrected chi connectivity index (χ1v) is 9.68. The number of carbonyl (C=O) groups is 1. The number of rotatable bonds is 5. The highest BCUT2D eigenvalue weighted by Crippen LogP contribution is 2.25. The van der Waals surface area contributed by atoms with Crippen LogP contribution in [0.5, 0.6) is 5.75 Å². The molecule has 0 fully saturated rings. The Balaban J connectivity index is 1.93. The number of benzene rings is 2. The second-order valence-electron chi connectivity index (χ2n) is 7.29. The standard InChI is InChI=1S/C25H25N3O2/c1-16-9-10-22(11-17(16)2)27-25(29)21(15-26)13-20-12-18(3)28(19(20)4)23-7-6-8-24(14-23)30-5/h6-14H,1-5H3,(H,27,29)/b21-13-. The first-order valence-electron chi connectivity index (χ1n) is 9.68. The molecule has 0 atom stereocenters. The van der Waals surface area contributed by atoms with Crippen molar-refractivity contribution in [1.29, 1.82) is 5.26 Å². The van der Waals surface area contributed by atoms with Crippen molar-refractivity contribution in [2.24, 2.45) is 0 Å². The van der Waals surface area contributed by atoms with Crippen LogP contribution in [-0.2, 0) is 4.79 Å². The zero-order chi connectivity index (χ0) is 21.8. The summed E-state index contributed by atoms with van der Waals surface area (Å²) in [6.45, 7) is 7.96. The van der Waals surface area contributed by atoms with Gasteiger partial charge in [-0.15, -0.1) is 0 Å². The molecule has 1 amide bonds. The maximum Gasteiger partial charge on any atom is 0.266 e. The van der Waals surface area contributed by atoms with Gasteiger partial charge in [-0.3, -0.25) is 4.79 Å². The summed E-state index contributed by atoms with van der Waals surface area (Å²) < 4.78 is 7.40. The number of hydrogen-bond donors (Lipinski definition) is 1. The lowest BCUT2D eigenvalue weighted by Gasteiger charge is -2.11. The van der Waals surface area contributed by atoms with E-state index in [4.69, 9.17) is 4.74 Å². The summed E-state index contributed by atoms with van der Waals surface area (Å²) in [5, 5.41) is 12.4. The highest BCUT2D eigenvalue weighted by Gasteiger charge is 2.14. The third-order valence-corrected chi connectivity index (χ3v) is 5.21. The Morgan fingerprint density at radius 1 is 1.07 bits per heavy atom. The van der Waals surface area contributed by atoms with E-state index in [1.54, 1.807) is 13.2 Å². The number of methoxy groups -OCH3 is 1. The van der Waals surface area contributed by atoms with E-state index in [1.807, 2.05) is 82.3 Å². The van der Waals surface area contributed by atoms with Gasteiger partial charge < -0.3 is 14.6 Å². The van der Waals surface area contributed by atoms with E-state index < -0.39 is 5.91 Å². The minimum atomic E-state index is -0.424. The normalized spacial score (nSPS) is 11.1. The van der Waals surface area contributed by atoms with Gasteiger partial charge in [0.05, 0.1) is 7.11 Å². The van der Waals surface area contributed by atoms with Crippen molar-refractivity contribution in [1.82, 2.24) is 4.57 Å². The SMILES string of the molecule is COc1cccc(-n2c(C)cc(/C=C(/C#N)C(=O)Nc3ccc(C)c(C)c3)c2C)c1. The molecule has 5 heteroatoms. The number of amides is 1. The molecule has 1 aromatic heterocycles. The van der Waals surface area contributed by atoms with Crippen LogP contribution in [0.25, 0.3) is 11.8 Å². The van der Waals surface area contributed by atoms with Gasteiger partial charge in [0.25, 0.3) is 5.91 Å². The second-order valence-corrected chi connectivity index (χ2v) is 7.29. The molecule has 1 N–H and O–H groups in total. The fraction of sp³-hybridized carbons (Fsp3) is 0.200. The summed E-state index contributed by atoms with van der Waals surface area (Å²) in [6, 6.07) is 17.4. The Bertz CT molecular complexity index is 1180. The van der Waals surface area contributed by atoms with E-state index in [9.17, 15) is 10.1 Å². The number of aromatic nitrogens is 1. The summed E-state index contributed by atoms with van der Waals surface area (Å²) >= 11 is 0. The van der Waals surface area contributed by atoms with Crippen molar-refractivity contribution in [3.8, 4) is 17.5 Å². The molecule has 1 heterocycles.